The van der Waals surface area contributed by atoms with Crippen LogP contribution in [0.25, 0.3) is 10.9 Å². The summed E-state index contributed by atoms with van der Waals surface area (Å²) >= 11 is 0. The predicted molar refractivity (Wildman–Crippen MR) is 86.8 cm³/mol. The number of quaternary nitrogens is 1. The molecule has 3 rings (SSSR count). The highest BCUT2D eigenvalue weighted by atomic mass is 16.1. The van der Waals surface area contributed by atoms with E-state index in [9.17, 15) is 4.79 Å². The Hall–Kier alpha value is -1.61. The number of para-hydroxylation sites is 1. The van der Waals surface area contributed by atoms with Crippen molar-refractivity contribution < 1.29 is 4.90 Å². The van der Waals surface area contributed by atoms with Gasteiger partial charge in [0.25, 0.3) is 0 Å². The first-order chi connectivity index (χ1) is 10.1. The fraction of sp³-hybridized carbons (Fsp3) is 0.500. The van der Waals surface area contributed by atoms with Crippen molar-refractivity contribution in [1.29, 1.82) is 0 Å². The number of hydrogen-bond donors (Lipinski definition) is 2. The summed E-state index contributed by atoms with van der Waals surface area (Å²) in [6, 6.07) is 5.97. The number of fused-ring (bicyclic) bond motifs is 1. The maximum atomic E-state index is 12.8. The molecular weight excluding hydrogens is 260 g/mol. The molecule has 0 radical (unpaired) electrons. The summed E-state index contributed by atoms with van der Waals surface area (Å²) in [7, 11) is 0. The van der Waals surface area contributed by atoms with E-state index in [-0.39, 0.29) is 5.43 Å². The average molecular weight is 285 g/mol. The Morgan fingerprint density at radius 1 is 1.24 bits per heavy atom. The Labute approximate surface area is 126 Å². The van der Waals surface area contributed by atoms with Crippen molar-refractivity contribution in [3.8, 4) is 0 Å². The molecule has 3 heteroatoms. The molecule has 0 bridgehead atoms. The zero-order chi connectivity index (χ0) is 15.0. The second-order valence-electron chi connectivity index (χ2n) is 6.66. The molecule has 112 valence electrons. The Morgan fingerprint density at radius 2 is 1.95 bits per heavy atom. The Balaban J connectivity index is 1.97. The van der Waals surface area contributed by atoms with E-state index < -0.39 is 0 Å². The molecule has 0 amide bonds. The summed E-state index contributed by atoms with van der Waals surface area (Å²) in [6.07, 6.45) is 2.55. The number of benzene rings is 1. The van der Waals surface area contributed by atoms with Crippen LogP contribution >= 0.6 is 0 Å². The van der Waals surface area contributed by atoms with Crippen LogP contribution in [0.4, 0.5) is 0 Å². The Morgan fingerprint density at radius 3 is 2.67 bits per heavy atom. The van der Waals surface area contributed by atoms with Crippen molar-refractivity contribution in [3.05, 3.63) is 45.2 Å². The first-order valence-corrected chi connectivity index (χ1v) is 8.01. The van der Waals surface area contributed by atoms with E-state index in [4.69, 9.17) is 0 Å². The first kappa shape index (κ1) is 14.3. The van der Waals surface area contributed by atoms with Gasteiger partial charge in [0, 0.05) is 11.1 Å². The molecule has 0 saturated carbocycles. The maximum Gasteiger partial charge on any atom is 0.198 e. The van der Waals surface area contributed by atoms with Crippen LogP contribution in [-0.4, -0.2) is 18.1 Å². The number of piperidine rings is 1. The van der Waals surface area contributed by atoms with Crippen molar-refractivity contribution >= 4 is 10.9 Å². The van der Waals surface area contributed by atoms with Gasteiger partial charge in [0.15, 0.2) is 5.43 Å². The largest absolute Gasteiger partial charge is 0.358 e. The summed E-state index contributed by atoms with van der Waals surface area (Å²) in [5, 5.41) is 0.834. The average Bonchev–Trinajstić information content (AvgIpc) is 2.47. The van der Waals surface area contributed by atoms with Crippen LogP contribution in [0.15, 0.2) is 23.0 Å². The summed E-state index contributed by atoms with van der Waals surface area (Å²) in [6.45, 7) is 9.65. The van der Waals surface area contributed by atoms with Gasteiger partial charge in [0.05, 0.1) is 24.2 Å². The SMILES string of the molecule is Cc1[nH]c2c(C)cccc2c(=O)c1C[NH+]1CCC(C)CC1. The molecule has 2 heterocycles. The van der Waals surface area contributed by atoms with Gasteiger partial charge >= 0.3 is 0 Å². The Bertz CT molecular complexity index is 709. The van der Waals surface area contributed by atoms with Gasteiger partial charge in [-0.05, 0) is 44.2 Å². The third-order valence-electron chi connectivity index (χ3n) is 4.96. The van der Waals surface area contributed by atoms with Gasteiger partial charge in [0.2, 0.25) is 0 Å². The van der Waals surface area contributed by atoms with Gasteiger partial charge in [-0.15, -0.1) is 0 Å². The van der Waals surface area contributed by atoms with Crippen molar-refractivity contribution in [2.24, 2.45) is 5.92 Å². The Kier molecular flexibility index (Phi) is 3.85. The second-order valence-corrected chi connectivity index (χ2v) is 6.66. The minimum Gasteiger partial charge on any atom is -0.358 e. The van der Waals surface area contributed by atoms with Crippen molar-refractivity contribution in [2.75, 3.05) is 13.1 Å². The standard InChI is InChI=1S/C18H24N2O/c1-12-7-9-20(10-8-12)11-16-14(3)19-17-13(2)5-4-6-15(17)18(16)21/h4-6,12H,7-11H2,1-3H3,(H,19,21)/p+1. The molecule has 0 spiro atoms. The van der Waals surface area contributed by atoms with E-state index in [2.05, 4.69) is 24.9 Å². The summed E-state index contributed by atoms with van der Waals surface area (Å²) in [5.74, 6) is 0.840. The van der Waals surface area contributed by atoms with Crippen LogP contribution in [0.3, 0.4) is 0 Å². The molecule has 1 aliphatic heterocycles. The van der Waals surface area contributed by atoms with Crippen LogP contribution in [0, 0.1) is 19.8 Å². The van der Waals surface area contributed by atoms with Gasteiger partial charge in [-0.25, -0.2) is 0 Å². The van der Waals surface area contributed by atoms with Gasteiger partial charge in [-0.1, -0.05) is 19.1 Å². The quantitative estimate of drug-likeness (QED) is 0.869. The second kappa shape index (κ2) is 5.64. The minimum atomic E-state index is 0.219. The lowest BCUT2D eigenvalue weighted by atomic mass is 9.98. The number of aryl methyl sites for hydroxylation is 2. The number of likely N-dealkylation sites (tertiary alicyclic amines) is 1. The molecule has 3 nitrogen and oxygen atoms in total. The fourth-order valence-corrected chi connectivity index (χ4v) is 3.43. The zero-order valence-electron chi connectivity index (χ0n) is 13.3. The summed E-state index contributed by atoms with van der Waals surface area (Å²) in [4.78, 5) is 17.8. The molecule has 2 N–H and O–H groups in total. The molecule has 0 aliphatic carbocycles. The van der Waals surface area contributed by atoms with E-state index >= 15 is 0 Å². The number of rotatable bonds is 2. The van der Waals surface area contributed by atoms with E-state index in [0.717, 1.165) is 40.2 Å². The highest BCUT2D eigenvalue weighted by Crippen LogP contribution is 2.15. The topological polar surface area (TPSA) is 37.3 Å². The summed E-state index contributed by atoms with van der Waals surface area (Å²) < 4.78 is 0. The van der Waals surface area contributed by atoms with E-state index in [1.54, 1.807) is 4.90 Å². The van der Waals surface area contributed by atoms with Crippen LogP contribution < -0.4 is 10.3 Å². The number of aromatic amines is 1. The number of pyridine rings is 1. The third kappa shape index (κ3) is 2.75. The normalized spacial score (nSPS) is 22.6. The van der Waals surface area contributed by atoms with Gasteiger partial charge < -0.3 is 9.88 Å². The van der Waals surface area contributed by atoms with Crippen LogP contribution in [0.2, 0.25) is 0 Å². The molecule has 2 aromatic rings. The lowest BCUT2D eigenvalue weighted by molar-refractivity contribution is -0.919. The lowest BCUT2D eigenvalue weighted by Gasteiger charge is -2.27. The van der Waals surface area contributed by atoms with Gasteiger partial charge in [-0.2, -0.15) is 0 Å². The molecule has 0 atom stereocenters. The number of hydrogen-bond acceptors (Lipinski definition) is 1. The van der Waals surface area contributed by atoms with Gasteiger partial charge in [-0.3, -0.25) is 4.79 Å². The molecule has 0 unspecified atom stereocenters. The fourth-order valence-electron chi connectivity index (χ4n) is 3.43. The zero-order valence-corrected chi connectivity index (χ0v) is 13.3. The minimum absolute atomic E-state index is 0.219. The van der Waals surface area contributed by atoms with Crippen LogP contribution in [0.1, 0.15) is 36.6 Å². The number of H-pyrrole nitrogens is 1. The molecule has 1 aromatic carbocycles. The first-order valence-electron chi connectivity index (χ1n) is 8.01. The number of aromatic nitrogens is 1. The molecular formula is C18H25N2O+. The molecule has 1 saturated heterocycles. The summed E-state index contributed by atoms with van der Waals surface area (Å²) in [5.41, 5.74) is 4.35. The van der Waals surface area contributed by atoms with Crippen molar-refractivity contribution in [2.45, 2.75) is 40.2 Å². The smallest absolute Gasteiger partial charge is 0.198 e. The van der Waals surface area contributed by atoms with Crippen LogP contribution in [0.5, 0.6) is 0 Å². The van der Waals surface area contributed by atoms with E-state index in [1.807, 2.05) is 19.1 Å². The third-order valence-corrected chi connectivity index (χ3v) is 4.96. The van der Waals surface area contributed by atoms with Crippen molar-refractivity contribution in [3.63, 3.8) is 0 Å². The monoisotopic (exact) mass is 285 g/mol. The highest BCUT2D eigenvalue weighted by molar-refractivity contribution is 5.82. The molecule has 1 aromatic heterocycles. The highest BCUT2D eigenvalue weighted by Gasteiger charge is 2.21. The van der Waals surface area contributed by atoms with Crippen LogP contribution in [-0.2, 0) is 6.54 Å². The molecule has 1 fully saturated rings. The van der Waals surface area contributed by atoms with E-state index in [1.165, 1.54) is 25.9 Å². The molecule has 1 aliphatic rings. The lowest BCUT2D eigenvalue weighted by Crippen LogP contribution is -3.12. The predicted octanol–water partition coefficient (Wildman–Crippen LogP) is 1.96. The maximum absolute atomic E-state index is 12.8. The van der Waals surface area contributed by atoms with Gasteiger partial charge in [0.1, 0.15) is 6.54 Å². The van der Waals surface area contributed by atoms with E-state index in [0.29, 0.717) is 0 Å². The van der Waals surface area contributed by atoms with Crippen molar-refractivity contribution in [1.82, 2.24) is 4.98 Å². The molecule has 21 heavy (non-hydrogen) atoms. The number of nitrogens with one attached hydrogen (secondary N) is 2.